The van der Waals surface area contributed by atoms with Crippen LogP contribution in [0.4, 0.5) is 22.0 Å². The van der Waals surface area contributed by atoms with Gasteiger partial charge in [-0.25, -0.2) is 22.0 Å². The summed E-state index contributed by atoms with van der Waals surface area (Å²) < 4.78 is 75.0. The van der Waals surface area contributed by atoms with Crippen LogP contribution in [0.1, 0.15) is 22.2 Å². The number of esters is 1. The third-order valence-corrected chi connectivity index (χ3v) is 2.39. The molecule has 0 atom stereocenters. The monoisotopic (exact) mass is 367 g/mol. The largest absolute Gasteiger partial charge is 0.459 e. The smallest absolute Gasteiger partial charge is 0.320 e. The molecule has 0 radical (unpaired) electrons. The first-order valence-electron chi connectivity index (χ1n) is 5.71. The minimum Gasteiger partial charge on any atom is -0.459 e. The van der Waals surface area contributed by atoms with Gasteiger partial charge in [0, 0.05) is 13.5 Å². The van der Waals surface area contributed by atoms with E-state index < -0.39 is 51.6 Å². The van der Waals surface area contributed by atoms with Gasteiger partial charge in [-0.2, -0.15) is 0 Å². The molecule has 23 heavy (non-hydrogen) atoms. The molecule has 0 fully saturated rings. The van der Waals surface area contributed by atoms with Crippen LogP contribution in [0.15, 0.2) is 4.90 Å². The first-order valence-corrected chi connectivity index (χ1v) is 6.48. The van der Waals surface area contributed by atoms with E-state index in [1.165, 1.54) is 0 Å². The summed E-state index contributed by atoms with van der Waals surface area (Å²) in [6.45, 7) is 5.37. The van der Waals surface area contributed by atoms with Crippen LogP contribution in [0.3, 0.4) is 0 Å². The van der Waals surface area contributed by atoms with Gasteiger partial charge in [-0.1, -0.05) is 0 Å². The number of halogens is 5. The van der Waals surface area contributed by atoms with Crippen LogP contribution in [0.2, 0.25) is 0 Å². The molecule has 0 aliphatic carbocycles. The summed E-state index contributed by atoms with van der Waals surface area (Å²) in [5.41, 5.74) is 4.60. The molecule has 0 heterocycles. The predicted octanol–water partition coefficient (Wildman–Crippen LogP) is 2.66. The van der Waals surface area contributed by atoms with Crippen molar-refractivity contribution in [2.24, 2.45) is 5.73 Å². The lowest BCUT2D eigenvalue weighted by Gasteiger charge is -2.18. The molecular weight excluding hydrogens is 349 g/mol. The summed E-state index contributed by atoms with van der Waals surface area (Å²) in [7, 11) is 0. The Labute approximate surface area is 134 Å². The van der Waals surface area contributed by atoms with Crippen molar-refractivity contribution in [3.8, 4) is 0 Å². The van der Waals surface area contributed by atoms with E-state index in [0.717, 1.165) is 0 Å². The van der Waals surface area contributed by atoms with Crippen molar-refractivity contribution in [1.82, 2.24) is 0 Å². The number of rotatable bonds is 2. The summed E-state index contributed by atoms with van der Waals surface area (Å²) in [4.78, 5) is 9.17. The number of carbonyl (C=O) groups excluding carboxylic acids is 1. The number of hydrogen-bond acceptors (Lipinski definition) is 5. The highest BCUT2D eigenvalue weighted by atomic mass is 32.2. The lowest BCUT2D eigenvalue weighted by Crippen LogP contribution is -2.28. The lowest BCUT2D eigenvalue weighted by molar-refractivity contribution is -0.152. The molecule has 0 aliphatic rings. The summed E-state index contributed by atoms with van der Waals surface area (Å²) in [5.74, 6) is -10.8. The molecule has 1 aromatic carbocycles. The van der Waals surface area contributed by atoms with Crippen LogP contribution in [0.25, 0.3) is 0 Å². The molecule has 0 spiro atoms. The maximum atomic E-state index is 12.5. The van der Waals surface area contributed by atoms with Crippen LogP contribution in [-0.4, -0.2) is 28.1 Å². The van der Waals surface area contributed by atoms with Crippen molar-refractivity contribution in [2.45, 2.75) is 31.3 Å². The van der Waals surface area contributed by atoms with Gasteiger partial charge in [-0.05, 0) is 20.8 Å². The second kappa shape index (κ2) is 9.65. The minimum atomic E-state index is -2.24. The molecule has 136 valence electrons. The van der Waals surface area contributed by atoms with Gasteiger partial charge in [0.05, 0.1) is 6.54 Å². The molecule has 0 aliphatic heterocycles. The molecule has 1 rings (SSSR count). The average molecular weight is 367 g/mol. The Kier molecular flexibility index (Phi) is 10.0. The summed E-state index contributed by atoms with van der Waals surface area (Å²) in [5, 5.41) is 0. The van der Waals surface area contributed by atoms with E-state index in [1.807, 2.05) is 0 Å². The van der Waals surface area contributed by atoms with E-state index in [0.29, 0.717) is 0 Å². The van der Waals surface area contributed by atoms with Crippen molar-refractivity contribution in [3.63, 3.8) is 0 Å². The molecule has 0 unspecified atom stereocenters. The molecule has 0 saturated carbocycles. The lowest BCUT2D eigenvalue weighted by atomic mass is 10.2. The second-order valence-corrected chi connectivity index (χ2v) is 5.37. The minimum absolute atomic E-state index is 0. The molecule has 5 nitrogen and oxygen atoms in total. The van der Waals surface area contributed by atoms with Gasteiger partial charge >= 0.3 is 5.97 Å². The molecule has 0 amide bonds. The standard InChI is InChI=1S/C6HF5OS.C6H13NO2.H2O.H2/c7-1-2(8)4(10)6(13-12)5(11)3(1)9;1-6(2,3)9-5(8)4-7;;/h12H;4,7H2,1-3H3;1H2;1H. The zero-order valence-corrected chi connectivity index (χ0v) is 13.2. The number of benzene rings is 1. The van der Waals surface area contributed by atoms with Crippen LogP contribution >= 0.6 is 12.0 Å². The van der Waals surface area contributed by atoms with Gasteiger partial charge in [-0.3, -0.25) is 4.79 Å². The van der Waals surface area contributed by atoms with Gasteiger partial charge in [0.15, 0.2) is 23.3 Å². The van der Waals surface area contributed by atoms with Crippen molar-refractivity contribution in [3.05, 3.63) is 29.1 Å². The Balaban J connectivity index is -0.000000360. The Morgan fingerprint density at radius 3 is 1.65 bits per heavy atom. The van der Waals surface area contributed by atoms with Crippen LogP contribution in [0.5, 0.6) is 0 Å². The molecule has 0 bridgehead atoms. The summed E-state index contributed by atoms with van der Waals surface area (Å²) >= 11 is -0.538. The second-order valence-electron chi connectivity index (χ2n) is 4.78. The SMILES string of the molecule is CC(C)(C)OC(=O)CN.O.OSc1c(F)c(F)c(F)c(F)c1F.[HH]. The fourth-order valence-corrected chi connectivity index (χ4v) is 1.39. The fourth-order valence-electron chi connectivity index (χ4n) is 1.05. The first-order chi connectivity index (χ1) is 9.96. The van der Waals surface area contributed by atoms with Crippen molar-refractivity contribution < 1.29 is 42.9 Å². The highest BCUT2D eigenvalue weighted by Gasteiger charge is 2.25. The Hall–Kier alpha value is -1.43. The zero-order chi connectivity index (χ0) is 17.7. The predicted molar refractivity (Wildman–Crippen MR) is 75.3 cm³/mol. The van der Waals surface area contributed by atoms with Gasteiger partial charge in [0.25, 0.3) is 0 Å². The topological polar surface area (TPSA) is 104 Å². The van der Waals surface area contributed by atoms with Gasteiger partial charge in [-0.15, -0.1) is 0 Å². The molecule has 0 aromatic heterocycles. The third-order valence-electron chi connectivity index (χ3n) is 1.85. The van der Waals surface area contributed by atoms with Crippen LogP contribution in [-0.2, 0) is 9.53 Å². The number of ether oxygens (including phenoxy) is 1. The van der Waals surface area contributed by atoms with Gasteiger partial charge in [0.2, 0.25) is 5.82 Å². The molecule has 1 aromatic rings. The number of carbonyl (C=O) groups is 1. The first kappa shape index (κ1) is 23.8. The number of hydrogen-bond donors (Lipinski definition) is 2. The fraction of sp³-hybridized carbons (Fsp3) is 0.417. The van der Waals surface area contributed by atoms with E-state index in [4.69, 9.17) is 15.0 Å². The van der Waals surface area contributed by atoms with Crippen molar-refractivity contribution in [2.75, 3.05) is 6.54 Å². The molecule has 0 saturated heterocycles. The zero-order valence-electron chi connectivity index (χ0n) is 12.3. The normalized spacial score (nSPS) is 10.3. The third kappa shape index (κ3) is 7.12. The maximum Gasteiger partial charge on any atom is 0.320 e. The Morgan fingerprint density at radius 1 is 1.09 bits per heavy atom. The molecular formula is C12H18F5NO4S. The van der Waals surface area contributed by atoms with Gasteiger partial charge in [0.1, 0.15) is 10.5 Å². The summed E-state index contributed by atoms with van der Waals surface area (Å²) in [6, 6.07) is 0. The Bertz CT molecular complexity index is 528. The highest BCUT2D eigenvalue weighted by molar-refractivity contribution is 7.93. The van der Waals surface area contributed by atoms with Crippen molar-refractivity contribution in [1.29, 1.82) is 0 Å². The molecule has 5 N–H and O–H groups in total. The average Bonchev–Trinajstić information content (AvgIpc) is 2.42. The number of nitrogens with two attached hydrogens (primary N) is 1. The molecule has 11 heteroatoms. The van der Waals surface area contributed by atoms with Crippen LogP contribution < -0.4 is 5.73 Å². The van der Waals surface area contributed by atoms with E-state index in [2.05, 4.69) is 0 Å². The van der Waals surface area contributed by atoms with E-state index in [1.54, 1.807) is 20.8 Å². The van der Waals surface area contributed by atoms with Crippen LogP contribution in [0, 0.1) is 29.1 Å². The highest BCUT2D eigenvalue weighted by Crippen LogP contribution is 2.28. The quantitative estimate of drug-likeness (QED) is 0.275. The Morgan fingerprint density at radius 2 is 1.43 bits per heavy atom. The maximum absolute atomic E-state index is 12.5. The van der Waals surface area contributed by atoms with Crippen molar-refractivity contribution >= 4 is 18.0 Å². The van der Waals surface area contributed by atoms with E-state index in [9.17, 15) is 26.7 Å². The van der Waals surface area contributed by atoms with Gasteiger partial charge < -0.3 is 20.5 Å². The summed E-state index contributed by atoms with van der Waals surface area (Å²) in [6.07, 6.45) is 0. The van der Waals surface area contributed by atoms with E-state index >= 15 is 0 Å². The van der Waals surface area contributed by atoms with E-state index in [-0.39, 0.29) is 19.4 Å².